The van der Waals surface area contributed by atoms with Gasteiger partial charge in [0, 0.05) is 31.7 Å². The second-order valence-corrected chi connectivity index (χ2v) is 5.65. The Morgan fingerprint density at radius 3 is 2.95 bits per heavy atom. The molecule has 0 bridgehead atoms. The standard InChI is InChI=1S/C14H25N5O/c1-4-5-15-13-7-14(17-10-16-13)19-9-12(20)6-11(19)8-18(2)3/h7,10-12,20H,4-6,8-9H2,1-3H3,(H,15,16,17). The molecule has 0 saturated carbocycles. The minimum absolute atomic E-state index is 0.276. The van der Waals surface area contributed by atoms with E-state index in [9.17, 15) is 5.11 Å². The summed E-state index contributed by atoms with van der Waals surface area (Å²) in [4.78, 5) is 12.9. The lowest BCUT2D eigenvalue weighted by molar-refractivity contribution is 0.191. The molecule has 1 aliphatic heterocycles. The van der Waals surface area contributed by atoms with Crippen molar-refractivity contribution >= 4 is 11.6 Å². The van der Waals surface area contributed by atoms with Crippen molar-refractivity contribution in [3.63, 3.8) is 0 Å². The predicted octanol–water partition coefficient (Wildman–Crippen LogP) is 0.800. The Balaban J connectivity index is 2.11. The molecule has 6 nitrogen and oxygen atoms in total. The number of hydrogen-bond acceptors (Lipinski definition) is 6. The maximum atomic E-state index is 9.94. The van der Waals surface area contributed by atoms with Gasteiger partial charge in [0.15, 0.2) is 0 Å². The summed E-state index contributed by atoms with van der Waals surface area (Å²) in [7, 11) is 4.11. The van der Waals surface area contributed by atoms with Crippen molar-refractivity contribution in [2.24, 2.45) is 0 Å². The highest BCUT2D eigenvalue weighted by molar-refractivity contribution is 5.50. The number of likely N-dealkylation sites (N-methyl/N-ethyl adjacent to an activating group) is 1. The zero-order valence-electron chi connectivity index (χ0n) is 12.6. The molecule has 1 aromatic heterocycles. The molecule has 1 fully saturated rings. The first-order valence-electron chi connectivity index (χ1n) is 7.25. The van der Waals surface area contributed by atoms with Gasteiger partial charge in [0.1, 0.15) is 18.0 Å². The quantitative estimate of drug-likeness (QED) is 0.803. The lowest BCUT2D eigenvalue weighted by Gasteiger charge is -2.27. The van der Waals surface area contributed by atoms with Crippen molar-refractivity contribution in [2.75, 3.05) is 43.9 Å². The van der Waals surface area contributed by atoms with Crippen molar-refractivity contribution in [2.45, 2.75) is 31.9 Å². The van der Waals surface area contributed by atoms with Gasteiger partial charge < -0.3 is 20.2 Å². The molecule has 1 aliphatic rings. The van der Waals surface area contributed by atoms with Crippen LogP contribution in [0, 0.1) is 0 Å². The van der Waals surface area contributed by atoms with Crippen LogP contribution in [0.25, 0.3) is 0 Å². The molecule has 0 radical (unpaired) electrons. The van der Waals surface area contributed by atoms with Gasteiger partial charge >= 0.3 is 0 Å². The highest BCUT2D eigenvalue weighted by atomic mass is 16.3. The van der Waals surface area contributed by atoms with Crippen LogP contribution in [-0.4, -0.2) is 65.8 Å². The second-order valence-electron chi connectivity index (χ2n) is 5.65. The van der Waals surface area contributed by atoms with E-state index in [1.165, 1.54) is 0 Å². The Labute approximate surface area is 120 Å². The van der Waals surface area contributed by atoms with Crippen molar-refractivity contribution < 1.29 is 5.11 Å². The molecule has 2 N–H and O–H groups in total. The van der Waals surface area contributed by atoms with E-state index in [4.69, 9.17) is 0 Å². The maximum absolute atomic E-state index is 9.94. The first kappa shape index (κ1) is 15.0. The largest absolute Gasteiger partial charge is 0.391 e. The Morgan fingerprint density at radius 1 is 1.45 bits per heavy atom. The molecule has 20 heavy (non-hydrogen) atoms. The molecule has 1 saturated heterocycles. The molecule has 2 atom stereocenters. The number of aliphatic hydroxyl groups is 1. The molecule has 0 aliphatic carbocycles. The number of nitrogens with zero attached hydrogens (tertiary/aromatic N) is 4. The van der Waals surface area contributed by atoms with E-state index >= 15 is 0 Å². The fraction of sp³-hybridized carbons (Fsp3) is 0.714. The maximum Gasteiger partial charge on any atom is 0.134 e. The first-order valence-corrected chi connectivity index (χ1v) is 7.25. The molecule has 0 amide bonds. The molecule has 2 unspecified atom stereocenters. The molecule has 0 spiro atoms. The van der Waals surface area contributed by atoms with Gasteiger partial charge in [0.2, 0.25) is 0 Å². The average Bonchev–Trinajstić information content (AvgIpc) is 2.76. The van der Waals surface area contributed by atoms with Gasteiger partial charge in [-0.25, -0.2) is 9.97 Å². The van der Waals surface area contributed by atoms with Crippen LogP contribution in [0.2, 0.25) is 0 Å². The van der Waals surface area contributed by atoms with Crippen LogP contribution in [0.15, 0.2) is 12.4 Å². The molecular formula is C14H25N5O. The van der Waals surface area contributed by atoms with E-state index in [2.05, 4.69) is 46.1 Å². The summed E-state index contributed by atoms with van der Waals surface area (Å²) in [6.45, 7) is 4.58. The third-order valence-electron chi connectivity index (χ3n) is 3.47. The van der Waals surface area contributed by atoms with Gasteiger partial charge in [-0.3, -0.25) is 0 Å². The monoisotopic (exact) mass is 279 g/mol. The number of rotatable bonds is 6. The predicted molar refractivity (Wildman–Crippen MR) is 81.1 cm³/mol. The lowest BCUT2D eigenvalue weighted by Crippen LogP contribution is -2.38. The van der Waals surface area contributed by atoms with Crippen molar-refractivity contribution in [3.8, 4) is 0 Å². The number of aromatic nitrogens is 2. The smallest absolute Gasteiger partial charge is 0.134 e. The van der Waals surface area contributed by atoms with Crippen molar-refractivity contribution in [1.29, 1.82) is 0 Å². The molecule has 0 aromatic carbocycles. The fourth-order valence-corrected chi connectivity index (χ4v) is 2.62. The lowest BCUT2D eigenvalue weighted by atomic mass is 10.2. The van der Waals surface area contributed by atoms with Crippen LogP contribution >= 0.6 is 0 Å². The number of β-amino-alcohol motifs (C(OH)–C–C–N with tert-alkyl or cyclic N) is 1. The summed E-state index contributed by atoms with van der Waals surface area (Å²) in [6.07, 6.45) is 3.16. The van der Waals surface area contributed by atoms with Crippen LogP contribution in [0.4, 0.5) is 11.6 Å². The number of nitrogens with one attached hydrogen (secondary N) is 1. The summed E-state index contributed by atoms with van der Waals surface area (Å²) < 4.78 is 0. The van der Waals surface area contributed by atoms with E-state index in [1.807, 2.05) is 6.07 Å². The minimum Gasteiger partial charge on any atom is -0.391 e. The zero-order chi connectivity index (χ0) is 14.5. The van der Waals surface area contributed by atoms with Gasteiger partial charge in [-0.15, -0.1) is 0 Å². The van der Waals surface area contributed by atoms with Crippen LogP contribution < -0.4 is 10.2 Å². The summed E-state index contributed by atoms with van der Waals surface area (Å²) in [5, 5.41) is 13.2. The van der Waals surface area contributed by atoms with Crippen LogP contribution in [0.3, 0.4) is 0 Å². The Morgan fingerprint density at radius 2 is 2.25 bits per heavy atom. The van der Waals surface area contributed by atoms with E-state index in [0.29, 0.717) is 12.6 Å². The molecule has 112 valence electrons. The van der Waals surface area contributed by atoms with Crippen LogP contribution in [0.5, 0.6) is 0 Å². The van der Waals surface area contributed by atoms with Gasteiger partial charge in [0.25, 0.3) is 0 Å². The number of aliphatic hydroxyl groups excluding tert-OH is 1. The molecule has 2 rings (SSSR count). The number of hydrogen-bond donors (Lipinski definition) is 2. The Hall–Kier alpha value is -1.40. The average molecular weight is 279 g/mol. The third kappa shape index (κ3) is 3.80. The topological polar surface area (TPSA) is 64.5 Å². The van der Waals surface area contributed by atoms with E-state index in [-0.39, 0.29) is 6.10 Å². The third-order valence-corrected chi connectivity index (χ3v) is 3.47. The van der Waals surface area contributed by atoms with Crippen molar-refractivity contribution in [3.05, 3.63) is 12.4 Å². The summed E-state index contributed by atoms with van der Waals surface area (Å²) in [6, 6.07) is 2.27. The zero-order valence-corrected chi connectivity index (χ0v) is 12.6. The second kappa shape index (κ2) is 6.85. The van der Waals surface area contributed by atoms with Gasteiger partial charge in [0.05, 0.1) is 6.10 Å². The van der Waals surface area contributed by atoms with Gasteiger partial charge in [-0.05, 0) is 26.9 Å². The first-order chi connectivity index (χ1) is 9.60. The van der Waals surface area contributed by atoms with Gasteiger partial charge in [-0.1, -0.05) is 6.92 Å². The summed E-state index contributed by atoms with van der Waals surface area (Å²) in [5.41, 5.74) is 0. The summed E-state index contributed by atoms with van der Waals surface area (Å²) in [5.74, 6) is 1.74. The highest BCUT2D eigenvalue weighted by Gasteiger charge is 2.32. The SMILES string of the molecule is CCCNc1cc(N2CC(O)CC2CN(C)C)ncn1. The Kier molecular flexibility index (Phi) is 5.14. The molecule has 1 aromatic rings. The number of anilines is 2. The van der Waals surface area contributed by atoms with Crippen LogP contribution in [0.1, 0.15) is 19.8 Å². The Bertz CT molecular complexity index is 426. The van der Waals surface area contributed by atoms with E-state index in [1.54, 1.807) is 6.33 Å². The fourth-order valence-electron chi connectivity index (χ4n) is 2.62. The van der Waals surface area contributed by atoms with Gasteiger partial charge in [-0.2, -0.15) is 0 Å². The van der Waals surface area contributed by atoms with Crippen LogP contribution in [-0.2, 0) is 0 Å². The van der Waals surface area contributed by atoms with E-state index in [0.717, 1.165) is 37.6 Å². The minimum atomic E-state index is -0.276. The van der Waals surface area contributed by atoms with E-state index < -0.39 is 0 Å². The molecule has 6 heteroatoms. The normalized spacial score (nSPS) is 22.6. The highest BCUT2D eigenvalue weighted by Crippen LogP contribution is 2.25. The molecule has 2 heterocycles. The van der Waals surface area contributed by atoms with Crippen molar-refractivity contribution in [1.82, 2.24) is 14.9 Å². The summed E-state index contributed by atoms with van der Waals surface area (Å²) >= 11 is 0. The molecular weight excluding hydrogens is 254 g/mol.